The zero-order valence-electron chi connectivity index (χ0n) is 9.93. The van der Waals surface area contributed by atoms with Crippen LogP contribution in [0.4, 0.5) is 8.78 Å². The van der Waals surface area contributed by atoms with Gasteiger partial charge >= 0.3 is 5.97 Å². The van der Waals surface area contributed by atoms with Crippen LogP contribution in [0.2, 0.25) is 0 Å². The van der Waals surface area contributed by atoms with Crippen LogP contribution in [0.3, 0.4) is 0 Å². The predicted octanol–water partition coefficient (Wildman–Crippen LogP) is 3.94. The Hall–Kier alpha value is -2.34. The molecule has 2 heterocycles. The highest BCUT2D eigenvalue weighted by Crippen LogP contribution is 2.29. The number of carboxylic acid groups (broad SMARTS) is 1. The number of hydrogen-bond acceptors (Lipinski definition) is 3. The predicted molar refractivity (Wildman–Crippen MR) is 71.9 cm³/mol. The van der Waals surface area contributed by atoms with E-state index in [0.717, 1.165) is 17.0 Å². The lowest BCUT2D eigenvalue weighted by Gasteiger charge is -2.06. The van der Waals surface area contributed by atoms with Crippen molar-refractivity contribution in [2.75, 3.05) is 0 Å². The molecular formula is C14H7F2NO2S. The van der Waals surface area contributed by atoms with Gasteiger partial charge in [0.05, 0.1) is 21.7 Å². The maximum atomic E-state index is 13.3. The molecule has 1 aromatic carbocycles. The van der Waals surface area contributed by atoms with E-state index in [1.54, 1.807) is 12.1 Å². The molecule has 0 aliphatic rings. The van der Waals surface area contributed by atoms with Crippen LogP contribution >= 0.6 is 11.3 Å². The van der Waals surface area contributed by atoms with Crippen molar-refractivity contribution in [1.82, 2.24) is 4.98 Å². The zero-order valence-corrected chi connectivity index (χ0v) is 10.7. The molecule has 0 atom stereocenters. The first-order chi connectivity index (χ1) is 9.56. The standard InChI is InChI=1S/C14H7F2NO2S/c15-9-4-7-8(14(18)19)5-12(13-2-1-3-20-13)17-11(7)6-10(9)16/h1-6H,(H,18,19). The SMILES string of the molecule is O=C(O)c1cc(-c2cccs2)nc2cc(F)c(F)cc12. The third kappa shape index (κ3) is 2.04. The van der Waals surface area contributed by atoms with E-state index in [-0.39, 0.29) is 16.5 Å². The number of aromatic nitrogens is 1. The molecule has 1 N–H and O–H groups in total. The van der Waals surface area contributed by atoms with Gasteiger partial charge in [0.25, 0.3) is 0 Å². The van der Waals surface area contributed by atoms with Crippen molar-refractivity contribution in [2.24, 2.45) is 0 Å². The van der Waals surface area contributed by atoms with E-state index < -0.39 is 17.6 Å². The molecule has 0 saturated heterocycles. The topological polar surface area (TPSA) is 50.2 Å². The molecule has 0 unspecified atom stereocenters. The van der Waals surface area contributed by atoms with E-state index in [9.17, 15) is 18.7 Å². The molecule has 3 rings (SSSR count). The molecule has 0 amide bonds. The van der Waals surface area contributed by atoms with Crippen LogP contribution in [0.5, 0.6) is 0 Å². The largest absolute Gasteiger partial charge is 0.478 e. The smallest absolute Gasteiger partial charge is 0.336 e. The Morgan fingerprint density at radius 3 is 2.60 bits per heavy atom. The molecule has 2 aromatic heterocycles. The second kappa shape index (κ2) is 4.64. The Balaban J connectivity index is 2.36. The van der Waals surface area contributed by atoms with E-state index in [1.807, 2.05) is 5.38 Å². The van der Waals surface area contributed by atoms with Gasteiger partial charge in [-0.25, -0.2) is 18.6 Å². The van der Waals surface area contributed by atoms with Crippen LogP contribution in [0, 0.1) is 11.6 Å². The molecule has 0 aliphatic heterocycles. The lowest BCUT2D eigenvalue weighted by molar-refractivity contribution is 0.0699. The van der Waals surface area contributed by atoms with Gasteiger partial charge in [-0.15, -0.1) is 11.3 Å². The Bertz CT molecular complexity index is 816. The van der Waals surface area contributed by atoms with Gasteiger partial charge in [-0.2, -0.15) is 0 Å². The summed E-state index contributed by atoms with van der Waals surface area (Å²) in [7, 11) is 0. The number of aromatic carboxylic acids is 1. The van der Waals surface area contributed by atoms with Crippen LogP contribution in [-0.2, 0) is 0 Å². The molecule has 0 spiro atoms. The van der Waals surface area contributed by atoms with Gasteiger partial charge in [0.2, 0.25) is 0 Å². The number of halogens is 2. The Kier molecular flexibility index (Phi) is 2.94. The van der Waals surface area contributed by atoms with E-state index in [1.165, 1.54) is 17.4 Å². The molecule has 6 heteroatoms. The van der Waals surface area contributed by atoms with Gasteiger partial charge < -0.3 is 5.11 Å². The molecule has 3 nitrogen and oxygen atoms in total. The Morgan fingerprint density at radius 2 is 1.95 bits per heavy atom. The molecule has 3 aromatic rings. The number of nitrogens with zero attached hydrogens (tertiary/aromatic N) is 1. The van der Waals surface area contributed by atoms with E-state index >= 15 is 0 Å². The lowest BCUT2D eigenvalue weighted by Crippen LogP contribution is -2.01. The summed E-state index contributed by atoms with van der Waals surface area (Å²) in [5.41, 5.74) is 0.445. The van der Waals surface area contributed by atoms with Gasteiger partial charge in [-0.05, 0) is 23.6 Å². The summed E-state index contributed by atoms with van der Waals surface area (Å²) in [5, 5.41) is 11.1. The van der Waals surface area contributed by atoms with Crippen LogP contribution in [0.25, 0.3) is 21.5 Å². The van der Waals surface area contributed by atoms with Gasteiger partial charge in [0.15, 0.2) is 11.6 Å². The van der Waals surface area contributed by atoms with Gasteiger partial charge in [-0.1, -0.05) is 6.07 Å². The average Bonchev–Trinajstić information content (AvgIpc) is 2.92. The highest BCUT2D eigenvalue weighted by atomic mass is 32.1. The third-order valence-electron chi connectivity index (χ3n) is 2.85. The monoisotopic (exact) mass is 291 g/mol. The highest BCUT2D eigenvalue weighted by Gasteiger charge is 2.16. The molecule has 0 radical (unpaired) electrons. The number of hydrogen-bond donors (Lipinski definition) is 1. The second-order valence-electron chi connectivity index (χ2n) is 4.12. The van der Waals surface area contributed by atoms with Crippen molar-refractivity contribution in [3.05, 3.63) is 52.9 Å². The highest BCUT2D eigenvalue weighted by molar-refractivity contribution is 7.13. The molecule has 0 aliphatic carbocycles. The summed E-state index contributed by atoms with van der Waals surface area (Å²) in [6, 6.07) is 6.73. The summed E-state index contributed by atoms with van der Waals surface area (Å²) >= 11 is 1.39. The fourth-order valence-electron chi connectivity index (χ4n) is 1.95. The van der Waals surface area contributed by atoms with E-state index in [4.69, 9.17) is 0 Å². The number of benzene rings is 1. The molecule has 0 fully saturated rings. The van der Waals surface area contributed by atoms with E-state index in [2.05, 4.69) is 4.98 Å². The fourth-order valence-corrected chi connectivity index (χ4v) is 2.63. The number of pyridine rings is 1. The van der Waals surface area contributed by atoms with Crippen molar-refractivity contribution in [3.8, 4) is 10.6 Å². The van der Waals surface area contributed by atoms with Gasteiger partial charge in [0.1, 0.15) is 0 Å². The van der Waals surface area contributed by atoms with Crippen molar-refractivity contribution in [2.45, 2.75) is 0 Å². The van der Waals surface area contributed by atoms with Crippen molar-refractivity contribution < 1.29 is 18.7 Å². The number of fused-ring (bicyclic) bond motifs is 1. The number of carbonyl (C=O) groups is 1. The Labute approximate surface area is 116 Å². The fraction of sp³-hybridized carbons (Fsp3) is 0. The van der Waals surface area contributed by atoms with Crippen LogP contribution in [0.15, 0.2) is 35.7 Å². The minimum Gasteiger partial charge on any atom is -0.478 e. The summed E-state index contributed by atoms with van der Waals surface area (Å²) in [5.74, 6) is -3.35. The maximum absolute atomic E-state index is 13.3. The first-order valence-electron chi connectivity index (χ1n) is 5.63. The molecular weight excluding hydrogens is 284 g/mol. The first-order valence-corrected chi connectivity index (χ1v) is 6.51. The molecule has 20 heavy (non-hydrogen) atoms. The lowest BCUT2D eigenvalue weighted by atomic mass is 10.1. The summed E-state index contributed by atoms with van der Waals surface area (Å²) in [6.45, 7) is 0. The maximum Gasteiger partial charge on any atom is 0.336 e. The van der Waals surface area contributed by atoms with Crippen molar-refractivity contribution >= 4 is 28.2 Å². The number of rotatable bonds is 2. The average molecular weight is 291 g/mol. The number of carboxylic acids is 1. The summed E-state index contributed by atoms with van der Waals surface area (Å²) in [4.78, 5) is 16.3. The third-order valence-corrected chi connectivity index (χ3v) is 3.75. The van der Waals surface area contributed by atoms with Crippen LogP contribution in [0.1, 0.15) is 10.4 Å². The normalized spacial score (nSPS) is 10.9. The molecule has 0 saturated carbocycles. The minimum atomic E-state index is -1.21. The van der Waals surface area contributed by atoms with Crippen LogP contribution in [-0.4, -0.2) is 16.1 Å². The number of thiophene rings is 1. The molecule has 0 bridgehead atoms. The quantitative estimate of drug-likeness (QED) is 0.778. The summed E-state index contributed by atoms with van der Waals surface area (Å²) in [6.07, 6.45) is 0. The van der Waals surface area contributed by atoms with Crippen molar-refractivity contribution in [3.63, 3.8) is 0 Å². The van der Waals surface area contributed by atoms with Crippen LogP contribution < -0.4 is 0 Å². The summed E-state index contributed by atoms with van der Waals surface area (Å²) < 4.78 is 26.6. The minimum absolute atomic E-state index is 0.0803. The van der Waals surface area contributed by atoms with Gasteiger partial charge in [-0.3, -0.25) is 0 Å². The zero-order chi connectivity index (χ0) is 14.3. The van der Waals surface area contributed by atoms with Gasteiger partial charge in [0, 0.05) is 11.5 Å². The van der Waals surface area contributed by atoms with Crippen molar-refractivity contribution in [1.29, 1.82) is 0 Å². The Morgan fingerprint density at radius 1 is 1.20 bits per heavy atom. The van der Waals surface area contributed by atoms with E-state index in [0.29, 0.717) is 5.69 Å². The second-order valence-corrected chi connectivity index (χ2v) is 5.07. The molecule has 100 valence electrons. The first kappa shape index (κ1) is 12.7.